The Bertz CT molecular complexity index is 568. The van der Waals surface area contributed by atoms with Crippen LogP contribution in [0, 0.1) is 0 Å². The van der Waals surface area contributed by atoms with E-state index < -0.39 is 36.4 Å². The second kappa shape index (κ2) is 6.04. The Morgan fingerprint density at radius 3 is 2.27 bits per heavy atom. The monoisotopic (exact) mass is 308 g/mol. The third kappa shape index (κ3) is 2.70. The molecule has 0 aromatic heterocycles. The molecule has 1 N–H and O–H groups in total. The largest absolute Gasteiger partial charge is 0.465 e. The van der Waals surface area contributed by atoms with Crippen molar-refractivity contribution in [2.45, 2.75) is 24.4 Å². The maximum Gasteiger partial charge on any atom is 0.338 e. The Hall–Kier alpha value is -1.96. The molecule has 0 bridgehead atoms. The molecule has 0 unspecified atom stereocenters. The SMILES string of the molecule is COC(=O)c1ccc(C(=O)O[C@H]2CO[C@H]3[C@@H]2OC[C@H]3O)cc1. The zero-order chi connectivity index (χ0) is 15.7. The van der Waals surface area contributed by atoms with Crippen LogP contribution in [0.15, 0.2) is 24.3 Å². The maximum absolute atomic E-state index is 12.1. The molecule has 2 heterocycles. The number of esters is 2. The molecular formula is C15H16O7. The van der Waals surface area contributed by atoms with Crippen LogP contribution in [0.3, 0.4) is 0 Å². The van der Waals surface area contributed by atoms with Gasteiger partial charge in [-0.05, 0) is 24.3 Å². The quantitative estimate of drug-likeness (QED) is 0.795. The van der Waals surface area contributed by atoms with Crippen LogP contribution in [-0.4, -0.2) is 61.8 Å². The highest BCUT2D eigenvalue weighted by atomic mass is 16.6. The molecule has 0 radical (unpaired) electrons. The van der Waals surface area contributed by atoms with Crippen LogP contribution < -0.4 is 0 Å². The predicted molar refractivity (Wildman–Crippen MR) is 72.5 cm³/mol. The van der Waals surface area contributed by atoms with Gasteiger partial charge < -0.3 is 24.1 Å². The number of rotatable bonds is 3. The van der Waals surface area contributed by atoms with Crippen molar-refractivity contribution in [2.24, 2.45) is 0 Å². The summed E-state index contributed by atoms with van der Waals surface area (Å²) in [4.78, 5) is 23.4. The minimum absolute atomic E-state index is 0.178. The number of fused-ring (bicyclic) bond motifs is 1. The average molecular weight is 308 g/mol. The van der Waals surface area contributed by atoms with Gasteiger partial charge >= 0.3 is 11.9 Å². The zero-order valence-corrected chi connectivity index (χ0v) is 11.9. The van der Waals surface area contributed by atoms with E-state index in [4.69, 9.17) is 14.2 Å². The number of hydrogen-bond donors (Lipinski definition) is 1. The van der Waals surface area contributed by atoms with E-state index in [1.165, 1.54) is 31.4 Å². The Morgan fingerprint density at radius 2 is 1.64 bits per heavy atom. The van der Waals surface area contributed by atoms with E-state index in [-0.39, 0.29) is 13.2 Å². The highest BCUT2D eigenvalue weighted by Crippen LogP contribution is 2.29. The van der Waals surface area contributed by atoms with Crippen molar-refractivity contribution in [1.29, 1.82) is 0 Å². The molecule has 7 heteroatoms. The number of hydrogen-bond acceptors (Lipinski definition) is 7. The lowest BCUT2D eigenvalue weighted by Gasteiger charge is -2.16. The highest BCUT2D eigenvalue weighted by molar-refractivity contribution is 5.93. The summed E-state index contributed by atoms with van der Waals surface area (Å²) in [6.07, 6.45) is -2.12. The van der Waals surface area contributed by atoms with Crippen LogP contribution in [0.5, 0.6) is 0 Å². The van der Waals surface area contributed by atoms with Gasteiger partial charge in [0, 0.05) is 0 Å². The third-order valence-corrected chi connectivity index (χ3v) is 3.78. The van der Waals surface area contributed by atoms with E-state index in [1.54, 1.807) is 0 Å². The first-order valence-corrected chi connectivity index (χ1v) is 6.91. The number of methoxy groups -OCH3 is 1. The molecular weight excluding hydrogens is 292 g/mol. The van der Waals surface area contributed by atoms with Gasteiger partial charge in [-0.15, -0.1) is 0 Å². The van der Waals surface area contributed by atoms with Gasteiger partial charge in [-0.1, -0.05) is 0 Å². The Balaban J connectivity index is 1.64. The molecule has 0 aliphatic carbocycles. The molecule has 2 fully saturated rings. The van der Waals surface area contributed by atoms with E-state index in [1.807, 2.05) is 0 Å². The fourth-order valence-electron chi connectivity index (χ4n) is 2.61. The Labute approximate surface area is 126 Å². The summed E-state index contributed by atoms with van der Waals surface area (Å²) in [5, 5.41) is 9.64. The summed E-state index contributed by atoms with van der Waals surface area (Å²) >= 11 is 0. The first-order chi connectivity index (χ1) is 10.6. The van der Waals surface area contributed by atoms with Gasteiger partial charge in [-0.2, -0.15) is 0 Å². The molecule has 0 spiro atoms. The summed E-state index contributed by atoms with van der Waals surface area (Å²) in [6.45, 7) is 0.371. The normalized spacial score (nSPS) is 29.9. The molecule has 22 heavy (non-hydrogen) atoms. The molecule has 2 aliphatic heterocycles. The molecule has 4 atom stereocenters. The molecule has 1 aromatic rings. The second-order valence-corrected chi connectivity index (χ2v) is 5.18. The van der Waals surface area contributed by atoms with E-state index >= 15 is 0 Å². The number of carbonyl (C=O) groups is 2. The molecule has 3 rings (SSSR count). The summed E-state index contributed by atoms with van der Waals surface area (Å²) in [7, 11) is 1.29. The van der Waals surface area contributed by atoms with Crippen LogP contribution in [0.25, 0.3) is 0 Å². The smallest absolute Gasteiger partial charge is 0.338 e. The molecule has 2 saturated heterocycles. The molecule has 2 aliphatic rings. The summed E-state index contributed by atoms with van der Waals surface area (Å²) in [6, 6.07) is 5.97. The topological polar surface area (TPSA) is 91.3 Å². The minimum Gasteiger partial charge on any atom is -0.465 e. The van der Waals surface area contributed by atoms with E-state index in [2.05, 4.69) is 4.74 Å². The molecule has 0 amide bonds. The predicted octanol–water partition coefficient (Wildman–Crippen LogP) is 0.157. The fraction of sp³-hybridized carbons (Fsp3) is 0.467. The Kier molecular flexibility index (Phi) is 4.10. The zero-order valence-electron chi connectivity index (χ0n) is 11.9. The highest BCUT2D eigenvalue weighted by Gasteiger charge is 2.48. The lowest BCUT2D eigenvalue weighted by atomic mass is 10.1. The van der Waals surface area contributed by atoms with Gasteiger partial charge in [-0.25, -0.2) is 9.59 Å². The molecule has 7 nitrogen and oxygen atoms in total. The number of carbonyl (C=O) groups excluding carboxylic acids is 2. The van der Waals surface area contributed by atoms with Crippen molar-refractivity contribution in [3.05, 3.63) is 35.4 Å². The number of benzene rings is 1. The van der Waals surface area contributed by atoms with Crippen LogP contribution >= 0.6 is 0 Å². The van der Waals surface area contributed by atoms with E-state index in [0.29, 0.717) is 11.1 Å². The van der Waals surface area contributed by atoms with E-state index in [9.17, 15) is 14.7 Å². The first-order valence-electron chi connectivity index (χ1n) is 6.91. The standard InChI is InChI=1S/C15H16O7/c1-19-14(17)8-2-4-9(5-3-8)15(18)22-11-7-21-12-10(16)6-20-13(11)12/h2-5,10-13,16H,6-7H2,1H3/t10-,11+,12-,13-/m1/s1. The van der Waals surface area contributed by atoms with Gasteiger partial charge in [-0.3, -0.25) is 0 Å². The summed E-state index contributed by atoms with van der Waals surface area (Å²) in [5.74, 6) is -1.00. The van der Waals surface area contributed by atoms with Crippen molar-refractivity contribution >= 4 is 11.9 Å². The molecule has 1 aromatic carbocycles. The average Bonchev–Trinajstić information content (AvgIpc) is 3.11. The molecule has 0 saturated carbocycles. The minimum atomic E-state index is -0.687. The van der Waals surface area contributed by atoms with Crippen molar-refractivity contribution in [3.63, 3.8) is 0 Å². The summed E-state index contributed by atoms with van der Waals surface area (Å²) < 4.78 is 20.7. The number of aliphatic hydroxyl groups is 1. The third-order valence-electron chi connectivity index (χ3n) is 3.78. The van der Waals surface area contributed by atoms with Gasteiger partial charge in [0.25, 0.3) is 0 Å². The molecule has 118 valence electrons. The van der Waals surface area contributed by atoms with Crippen LogP contribution in [0.4, 0.5) is 0 Å². The second-order valence-electron chi connectivity index (χ2n) is 5.18. The fourth-order valence-corrected chi connectivity index (χ4v) is 2.61. The first kappa shape index (κ1) is 15.0. The van der Waals surface area contributed by atoms with Crippen molar-refractivity contribution in [2.75, 3.05) is 20.3 Å². The summed E-state index contributed by atoms with van der Waals surface area (Å²) in [5.41, 5.74) is 0.667. The van der Waals surface area contributed by atoms with E-state index in [0.717, 1.165) is 0 Å². The van der Waals surface area contributed by atoms with Crippen molar-refractivity contribution in [1.82, 2.24) is 0 Å². The van der Waals surface area contributed by atoms with Gasteiger partial charge in [0.15, 0.2) is 6.10 Å². The van der Waals surface area contributed by atoms with Crippen molar-refractivity contribution in [3.8, 4) is 0 Å². The Morgan fingerprint density at radius 1 is 1.05 bits per heavy atom. The van der Waals surface area contributed by atoms with Gasteiger partial charge in [0.05, 0.1) is 31.5 Å². The lowest BCUT2D eigenvalue weighted by molar-refractivity contribution is -0.0209. The van der Waals surface area contributed by atoms with Crippen LogP contribution in [0.2, 0.25) is 0 Å². The maximum atomic E-state index is 12.1. The van der Waals surface area contributed by atoms with Crippen molar-refractivity contribution < 1.29 is 33.6 Å². The number of ether oxygens (including phenoxy) is 4. The van der Waals surface area contributed by atoms with Gasteiger partial charge in [0.1, 0.15) is 18.3 Å². The lowest BCUT2D eigenvalue weighted by Crippen LogP contribution is -2.34. The van der Waals surface area contributed by atoms with Gasteiger partial charge in [0.2, 0.25) is 0 Å². The van der Waals surface area contributed by atoms with Crippen LogP contribution in [0.1, 0.15) is 20.7 Å². The number of aliphatic hydroxyl groups excluding tert-OH is 1. The van der Waals surface area contributed by atoms with Crippen LogP contribution in [-0.2, 0) is 18.9 Å².